The van der Waals surface area contributed by atoms with E-state index < -0.39 is 0 Å². The third-order valence-electron chi connectivity index (χ3n) is 3.27. The number of nitrogens with zero attached hydrogens (tertiary/aromatic N) is 1. The molecule has 0 bridgehead atoms. The van der Waals surface area contributed by atoms with Gasteiger partial charge in [0.1, 0.15) is 0 Å². The second-order valence-corrected chi connectivity index (χ2v) is 5.53. The first kappa shape index (κ1) is 14.2. The van der Waals surface area contributed by atoms with Crippen molar-refractivity contribution in [2.75, 3.05) is 19.6 Å². The van der Waals surface area contributed by atoms with Crippen molar-refractivity contribution in [3.63, 3.8) is 0 Å². The number of nitrogens with one attached hydrogen (secondary N) is 1. The molecule has 3 nitrogen and oxygen atoms in total. The van der Waals surface area contributed by atoms with E-state index in [1.807, 2.05) is 4.90 Å². The molecule has 1 fully saturated rings. The molecule has 1 unspecified atom stereocenters. The van der Waals surface area contributed by atoms with Crippen LogP contribution in [-0.2, 0) is 4.79 Å². The van der Waals surface area contributed by atoms with Crippen molar-refractivity contribution in [3.8, 4) is 0 Å². The fourth-order valence-electron chi connectivity index (χ4n) is 2.01. The van der Waals surface area contributed by atoms with Gasteiger partial charge in [0.2, 0.25) is 5.91 Å². The minimum atomic E-state index is 0.292. The predicted molar refractivity (Wildman–Crippen MR) is 71.9 cm³/mol. The fourth-order valence-corrected chi connectivity index (χ4v) is 2.01. The van der Waals surface area contributed by atoms with Gasteiger partial charge in [0.05, 0.1) is 0 Å². The van der Waals surface area contributed by atoms with Crippen molar-refractivity contribution in [1.82, 2.24) is 10.2 Å². The van der Waals surface area contributed by atoms with Gasteiger partial charge in [-0.15, -0.1) is 0 Å². The van der Waals surface area contributed by atoms with E-state index in [-0.39, 0.29) is 0 Å². The minimum Gasteiger partial charge on any atom is -0.339 e. The van der Waals surface area contributed by atoms with E-state index in [0.29, 0.717) is 30.8 Å². The van der Waals surface area contributed by atoms with Crippen molar-refractivity contribution in [2.45, 2.75) is 46.1 Å². The Labute approximate surface area is 105 Å². The molecule has 1 N–H and O–H groups in total. The van der Waals surface area contributed by atoms with Gasteiger partial charge < -0.3 is 10.2 Å². The Kier molecular flexibility index (Phi) is 5.69. The van der Waals surface area contributed by atoms with Gasteiger partial charge >= 0.3 is 0 Å². The van der Waals surface area contributed by atoms with Crippen molar-refractivity contribution < 1.29 is 4.79 Å². The number of rotatable bonds is 5. The third kappa shape index (κ3) is 5.35. The molecule has 1 atom stereocenters. The summed E-state index contributed by atoms with van der Waals surface area (Å²) >= 11 is 0. The number of carbonyl (C=O) groups is 1. The average Bonchev–Trinajstić information content (AvgIpc) is 2.42. The van der Waals surface area contributed by atoms with Gasteiger partial charge in [0, 0.05) is 32.1 Å². The highest BCUT2D eigenvalue weighted by molar-refractivity contribution is 5.76. The zero-order valence-corrected chi connectivity index (χ0v) is 11.5. The first-order valence-corrected chi connectivity index (χ1v) is 6.67. The van der Waals surface area contributed by atoms with Crippen LogP contribution >= 0.6 is 0 Å². The molecule has 0 spiro atoms. The van der Waals surface area contributed by atoms with Gasteiger partial charge in [0.25, 0.3) is 0 Å². The normalized spacial score (nSPS) is 21.8. The van der Waals surface area contributed by atoms with Crippen LogP contribution in [0.1, 0.15) is 40.0 Å². The molecular weight excluding hydrogens is 212 g/mol. The van der Waals surface area contributed by atoms with Crippen molar-refractivity contribution in [2.24, 2.45) is 5.92 Å². The van der Waals surface area contributed by atoms with Gasteiger partial charge in [-0.3, -0.25) is 4.79 Å². The lowest BCUT2D eigenvalue weighted by Crippen LogP contribution is -2.35. The number of hydrogen-bond acceptors (Lipinski definition) is 2. The minimum absolute atomic E-state index is 0.292. The molecule has 1 rings (SSSR count). The van der Waals surface area contributed by atoms with Crippen molar-refractivity contribution in [1.29, 1.82) is 0 Å². The first-order valence-electron chi connectivity index (χ1n) is 6.67. The van der Waals surface area contributed by atoms with E-state index in [1.165, 1.54) is 0 Å². The lowest BCUT2D eigenvalue weighted by Gasteiger charge is -2.22. The van der Waals surface area contributed by atoms with E-state index in [4.69, 9.17) is 0 Å². The average molecular weight is 238 g/mol. The second kappa shape index (κ2) is 6.80. The molecule has 0 aromatic rings. The molecule has 0 aromatic heterocycles. The standard InChI is InChI=1S/C14H26N2O/c1-11(2)15-9-13(4)10-16-8-7-12(3)5-6-14(16)17/h11-12,15H,4-10H2,1-3H3. The summed E-state index contributed by atoms with van der Waals surface area (Å²) < 4.78 is 0. The van der Waals surface area contributed by atoms with Crippen LogP contribution in [-0.4, -0.2) is 36.5 Å². The number of likely N-dealkylation sites (tertiary alicyclic amines) is 1. The molecule has 0 aromatic carbocycles. The van der Waals surface area contributed by atoms with Crippen LogP contribution in [0.4, 0.5) is 0 Å². The van der Waals surface area contributed by atoms with E-state index in [0.717, 1.165) is 31.5 Å². The van der Waals surface area contributed by atoms with E-state index in [9.17, 15) is 4.79 Å². The maximum atomic E-state index is 11.9. The van der Waals surface area contributed by atoms with Crippen LogP contribution in [0, 0.1) is 5.92 Å². The maximum absolute atomic E-state index is 11.9. The van der Waals surface area contributed by atoms with E-state index >= 15 is 0 Å². The summed E-state index contributed by atoms with van der Waals surface area (Å²) in [6.45, 7) is 12.9. The summed E-state index contributed by atoms with van der Waals surface area (Å²) in [4.78, 5) is 13.9. The molecule has 0 radical (unpaired) electrons. The molecule has 17 heavy (non-hydrogen) atoms. The Bertz CT molecular complexity index is 273. The molecule has 1 heterocycles. The Balaban J connectivity index is 2.38. The summed E-state index contributed by atoms with van der Waals surface area (Å²) in [7, 11) is 0. The highest BCUT2D eigenvalue weighted by Crippen LogP contribution is 2.17. The topological polar surface area (TPSA) is 32.3 Å². The predicted octanol–water partition coefficient (Wildman–Crippen LogP) is 2.19. The summed E-state index contributed by atoms with van der Waals surface area (Å²) in [5, 5.41) is 3.34. The molecule has 1 saturated heterocycles. The zero-order valence-electron chi connectivity index (χ0n) is 11.5. The van der Waals surface area contributed by atoms with E-state index in [1.54, 1.807) is 0 Å². The summed E-state index contributed by atoms with van der Waals surface area (Å²) in [6, 6.07) is 0.464. The SMILES string of the molecule is C=C(CNC(C)C)CN1CCC(C)CCC1=O. The number of hydrogen-bond donors (Lipinski definition) is 1. The van der Waals surface area contributed by atoms with Crippen LogP contribution in [0.3, 0.4) is 0 Å². The zero-order chi connectivity index (χ0) is 12.8. The van der Waals surface area contributed by atoms with Crippen LogP contribution in [0.2, 0.25) is 0 Å². The Hall–Kier alpha value is -0.830. The van der Waals surface area contributed by atoms with Crippen LogP contribution < -0.4 is 5.32 Å². The lowest BCUT2D eigenvalue weighted by molar-refractivity contribution is -0.130. The second-order valence-electron chi connectivity index (χ2n) is 5.53. The molecule has 1 aliphatic heterocycles. The largest absolute Gasteiger partial charge is 0.339 e. The van der Waals surface area contributed by atoms with Gasteiger partial charge in [-0.1, -0.05) is 27.4 Å². The summed E-state index contributed by atoms with van der Waals surface area (Å²) in [6.07, 6.45) is 2.86. The Morgan fingerprint density at radius 3 is 2.88 bits per heavy atom. The van der Waals surface area contributed by atoms with Crippen LogP contribution in [0.15, 0.2) is 12.2 Å². The smallest absolute Gasteiger partial charge is 0.222 e. The monoisotopic (exact) mass is 238 g/mol. The molecule has 98 valence electrons. The number of carbonyl (C=O) groups excluding carboxylic acids is 1. The first-order chi connectivity index (χ1) is 7.99. The van der Waals surface area contributed by atoms with Gasteiger partial charge in [-0.25, -0.2) is 0 Å². The van der Waals surface area contributed by atoms with Gasteiger partial charge in [0.15, 0.2) is 0 Å². The Morgan fingerprint density at radius 2 is 2.24 bits per heavy atom. The molecule has 3 heteroatoms. The van der Waals surface area contributed by atoms with Gasteiger partial charge in [-0.2, -0.15) is 0 Å². The molecule has 1 amide bonds. The highest BCUT2D eigenvalue weighted by atomic mass is 16.2. The summed E-state index contributed by atoms with van der Waals surface area (Å²) in [5.41, 5.74) is 1.10. The van der Waals surface area contributed by atoms with Crippen LogP contribution in [0.25, 0.3) is 0 Å². The Morgan fingerprint density at radius 1 is 1.53 bits per heavy atom. The van der Waals surface area contributed by atoms with Crippen molar-refractivity contribution >= 4 is 5.91 Å². The van der Waals surface area contributed by atoms with Crippen molar-refractivity contribution in [3.05, 3.63) is 12.2 Å². The third-order valence-corrected chi connectivity index (χ3v) is 3.27. The van der Waals surface area contributed by atoms with Crippen LogP contribution in [0.5, 0.6) is 0 Å². The lowest BCUT2D eigenvalue weighted by atomic mass is 10.0. The van der Waals surface area contributed by atoms with E-state index in [2.05, 4.69) is 32.7 Å². The molecular formula is C14H26N2O. The fraction of sp³-hybridized carbons (Fsp3) is 0.786. The number of amides is 1. The maximum Gasteiger partial charge on any atom is 0.222 e. The summed E-state index contributed by atoms with van der Waals surface area (Å²) in [5.74, 6) is 0.964. The molecule has 0 aliphatic carbocycles. The molecule has 0 saturated carbocycles. The molecule has 1 aliphatic rings. The van der Waals surface area contributed by atoms with Gasteiger partial charge in [-0.05, 0) is 24.3 Å². The quantitative estimate of drug-likeness (QED) is 0.745. The highest BCUT2D eigenvalue weighted by Gasteiger charge is 2.20.